The Bertz CT molecular complexity index is 1370. The number of aromatic nitrogens is 4. The number of ether oxygens (including phenoxy) is 2. The van der Waals surface area contributed by atoms with E-state index in [0.29, 0.717) is 29.4 Å². The minimum atomic E-state index is -0.581. The van der Waals surface area contributed by atoms with E-state index in [1.807, 2.05) is 29.2 Å². The summed E-state index contributed by atoms with van der Waals surface area (Å²) < 4.78 is 10.8. The molecule has 3 heterocycles. The maximum Gasteiger partial charge on any atom is 0.257 e. The highest BCUT2D eigenvalue weighted by Gasteiger charge is 2.44. The number of carbonyl (C=O) groups excluding carboxylic acids is 1. The number of aryl methyl sites for hydroxylation is 1. The van der Waals surface area contributed by atoms with E-state index in [1.165, 1.54) is 5.56 Å². The largest absolute Gasteiger partial charge is 0.493 e. The monoisotopic (exact) mass is 471 g/mol. The highest BCUT2D eigenvalue weighted by atomic mass is 16.5. The molecule has 8 nitrogen and oxygen atoms in total. The highest BCUT2D eigenvalue weighted by Crippen LogP contribution is 2.40. The zero-order chi connectivity index (χ0) is 24.7. The Hall–Kier alpha value is -3.94. The lowest BCUT2D eigenvalue weighted by Gasteiger charge is -2.33. The molecular formula is C27H29N5O3. The average molecular weight is 472 g/mol. The van der Waals surface area contributed by atoms with Crippen LogP contribution in [0, 0.1) is 13.8 Å². The van der Waals surface area contributed by atoms with E-state index < -0.39 is 5.54 Å². The number of nitrogens with one attached hydrogen (secondary N) is 1. The van der Waals surface area contributed by atoms with Crippen LogP contribution in [0.2, 0.25) is 0 Å². The molecule has 5 rings (SSSR count). The Labute approximate surface area is 204 Å². The molecule has 35 heavy (non-hydrogen) atoms. The van der Waals surface area contributed by atoms with Crippen LogP contribution >= 0.6 is 0 Å². The molecule has 0 bridgehead atoms. The Morgan fingerprint density at radius 2 is 1.80 bits per heavy atom. The van der Waals surface area contributed by atoms with E-state index in [-0.39, 0.29) is 5.91 Å². The number of rotatable bonds is 5. The average Bonchev–Trinajstić information content (AvgIpc) is 3.48. The molecule has 1 saturated heterocycles. The number of hydrogen-bond donors (Lipinski definition) is 1. The van der Waals surface area contributed by atoms with Gasteiger partial charge in [-0.05, 0) is 44.7 Å². The molecule has 1 aliphatic heterocycles. The van der Waals surface area contributed by atoms with Crippen LogP contribution in [-0.4, -0.2) is 51.5 Å². The molecule has 1 atom stereocenters. The number of likely N-dealkylation sites (tertiary alicyclic amines) is 1. The van der Waals surface area contributed by atoms with Gasteiger partial charge in [0.2, 0.25) is 0 Å². The van der Waals surface area contributed by atoms with Crippen molar-refractivity contribution in [3.05, 3.63) is 65.2 Å². The van der Waals surface area contributed by atoms with Crippen molar-refractivity contribution < 1.29 is 14.3 Å². The first-order chi connectivity index (χ1) is 16.9. The van der Waals surface area contributed by atoms with Crippen molar-refractivity contribution in [3.63, 3.8) is 0 Å². The van der Waals surface area contributed by atoms with E-state index in [0.717, 1.165) is 40.8 Å². The highest BCUT2D eigenvalue weighted by molar-refractivity contribution is 5.94. The summed E-state index contributed by atoms with van der Waals surface area (Å²) in [5.74, 6) is 2.49. The van der Waals surface area contributed by atoms with Crippen molar-refractivity contribution in [2.45, 2.75) is 39.2 Å². The van der Waals surface area contributed by atoms with Gasteiger partial charge in [0, 0.05) is 36.6 Å². The van der Waals surface area contributed by atoms with Crippen molar-refractivity contribution >= 4 is 16.9 Å². The standard InChI is InChI=1S/C27H29N5O3/c1-16-8-6-9-19(17(16)2)24-28-14-18(15-29-24)25(33)32-11-7-10-27(32,3)26-30-20-12-22(34-4)23(35-5)13-21(20)31-26/h6,8-9,12-15H,7,10-11H2,1-5H3,(H,30,31)/t27-/m0/s1. The molecule has 1 amide bonds. The lowest BCUT2D eigenvalue weighted by Crippen LogP contribution is -2.43. The molecule has 0 unspecified atom stereocenters. The molecule has 8 heteroatoms. The number of fused-ring (bicyclic) bond motifs is 1. The maximum absolute atomic E-state index is 13.6. The van der Waals surface area contributed by atoms with Crippen LogP contribution in [0.15, 0.2) is 42.7 Å². The first-order valence-electron chi connectivity index (χ1n) is 11.7. The molecule has 1 aliphatic rings. The fourth-order valence-electron chi connectivity index (χ4n) is 4.85. The molecule has 180 valence electrons. The number of H-pyrrole nitrogens is 1. The van der Waals surface area contributed by atoms with Crippen LogP contribution in [0.25, 0.3) is 22.4 Å². The normalized spacial score (nSPS) is 17.7. The smallest absolute Gasteiger partial charge is 0.257 e. The second-order valence-electron chi connectivity index (χ2n) is 9.19. The summed E-state index contributed by atoms with van der Waals surface area (Å²) in [5, 5.41) is 0. The lowest BCUT2D eigenvalue weighted by atomic mass is 9.97. The summed E-state index contributed by atoms with van der Waals surface area (Å²) in [6.07, 6.45) is 4.93. The van der Waals surface area contributed by atoms with Crippen molar-refractivity contribution in [2.75, 3.05) is 20.8 Å². The second kappa shape index (κ2) is 8.69. The molecule has 0 radical (unpaired) electrons. The van der Waals surface area contributed by atoms with E-state index >= 15 is 0 Å². The van der Waals surface area contributed by atoms with Gasteiger partial charge in [-0.1, -0.05) is 18.2 Å². The molecular weight excluding hydrogens is 442 g/mol. The van der Waals surface area contributed by atoms with E-state index in [4.69, 9.17) is 14.5 Å². The molecule has 2 aromatic carbocycles. The van der Waals surface area contributed by atoms with Gasteiger partial charge in [0.05, 0.1) is 36.4 Å². The van der Waals surface area contributed by atoms with E-state index in [1.54, 1.807) is 26.6 Å². The SMILES string of the molecule is COc1cc2nc([C@]3(C)CCCN3C(=O)c3cnc(-c4cccc(C)c4C)nc3)[nH]c2cc1OC. The van der Waals surface area contributed by atoms with Crippen LogP contribution in [0.5, 0.6) is 11.5 Å². The Balaban J connectivity index is 1.46. The van der Waals surface area contributed by atoms with Gasteiger partial charge in [0.25, 0.3) is 5.91 Å². The molecule has 2 aromatic heterocycles. The third kappa shape index (κ3) is 3.79. The first kappa shape index (κ1) is 22.8. The molecule has 4 aromatic rings. The summed E-state index contributed by atoms with van der Waals surface area (Å²) in [6, 6.07) is 9.78. The van der Waals surface area contributed by atoms with Gasteiger partial charge in [0.1, 0.15) is 5.82 Å². The zero-order valence-electron chi connectivity index (χ0n) is 20.7. The number of aromatic amines is 1. The third-order valence-corrected chi connectivity index (χ3v) is 7.13. The van der Waals surface area contributed by atoms with Crippen molar-refractivity contribution in [2.24, 2.45) is 0 Å². The number of benzene rings is 2. The number of nitrogens with zero attached hydrogens (tertiary/aromatic N) is 4. The minimum Gasteiger partial charge on any atom is -0.493 e. The number of amides is 1. The zero-order valence-corrected chi connectivity index (χ0v) is 20.7. The molecule has 0 spiro atoms. The van der Waals surface area contributed by atoms with E-state index in [2.05, 4.69) is 41.8 Å². The Kier molecular flexibility index (Phi) is 5.67. The second-order valence-corrected chi connectivity index (χ2v) is 9.19. The lowest BCUT2D eigenvalue weighted by molar-refractivity contribution is 0.0605. The molecule has 0 saturated carbocycles. The number of imidazole rings is 1. The van der Waals surface area contributed by atoms with Gasteiger partial charge in [-0.25, -0.2) is 15.0 Å². The molecule has 0 aliphatic carbocycles. The fraction of sp³-hybridized carbons (Fsp3) is 0.333. The summed E-state index contributed by atoms with van der Waals surface area (Å²) in [5.41, 5.74) is 4.77. The van der Waals surface area contributed by atoms with Crippen molar-refractivity contribution in [1.82, 2.24) is 24.8 Å². The Morgan fingerprint density at radius 3 is 2.51 bits per heavy atom. The quantitative estimate of drug-likeness (QED) is 0.449. The van der Waals surface area contributed by atoms with Gasteiger partial charge in [-0.15, -0.1) is 0 Å². The van der Waals surface area contributed by atoms with Crippen LogP contribution in [0.3, 0.4) is 0 Å². The van der Waals surface area contributed by atoms with Gasteiger partial charge in [-0.3, -0.25) is 4.79 Å². The van der Waals surface area contributed by atoms with E-state index in [9.17, 15) is 4.79 Å². The minimum absolute atomic E-state index is 0.104. The van der Waals surface area contributed by atoms with Crippen LogP contribution in [0.1, 0.15) is 47.1 Å². The fourth-order valence-corrected chi connectivity index (χ4v) is 4.85. The summed E-state index contributed by atoms with van der Waals surface area (Å²) in [6.45, 7) is 6.81. The first-order valence-corrected chi connectivity index (χ1v) is 11.7. The van der Waals surface area contributed by atoms with Gasteiger partial charge in [-0.2, -0.15) is 0 Å². The van der Waals surface area contributed by atoms with Crippen molar-refractivity contribution in [1.29, 1.82) is 0 Å². The van der Waals surface area contributed by atoms with Crippen LogP contribution in [0.4, 0.5) is 0 Å². The number of carbonyl (C=O) groups is 1. The summed E-state index contributed by atoms with van der Waals surface area (Å²) in [7, 11) is 3.21. The predicted octanol–water partition coefficient (Wildman–Crippen LogP) is 4.81. The molecule has 1 fully saturated rings. The van der Waals surface area contributed by atoms with Gasteiger partial charge >= 0.3 is 0 Å². The van der Waals surface area contributed by atoms with Crippen LogP contribution < -0.4 is 9.47 Å². The Morgan fingerprint density at radius 1 is 1.09 bits per heavy atom. The predicted molar refractivity (Wildman–Crippen MR) is 134 cm³/mol. The van der Waals surface area contributed by atoms with Gasteiger partial charge in [0.15, 0.2) is 17.3 Å². The van der Waals surface area contributed by atoms with Gasteiger partial charge < -0.3 is 19.4 Å². The van der Waals surface area contributed by atoms with Crippen molar-refractivity contribution in [3.8, 4) is 22.9 Å². The van der Waals surface area contributed by atoms with Crippen LogP contribution in [-0.2, 0) is 5.54 Å². The number of methoxy groups -OCH3 is 2. The molecule has 1 N–H and O–H groups in total. The maximum atomic E-state index is 13.6. The summed E-state index contributed by atoms with van der Waals surface area (Å²) in [4.78, 5) is 32.8. The number of hydrogen-bond acceptors (Lipinski definition) is 6. The topological polar surface area (TPSA) is 93.2 Å². The third-order valence-electron chi connectivity index (χ3n) is 7.13. The summed E-state index contributed by atoms with van der Waals surface area (Å²) >= 11 is 0.